The third-order valence-corrected chi connectivity index (χ3v) is 2.69. The molecule has 0 atom stereocenters. The van der Waals surface area contributed by atoms with E-state index in [0.717, 1.165) is 17.1 Å². The molecule has 1 aromatic rings. The number of amides is 1. The predicted octanol–water partition coefficient (Wildman–Crippen LogP) is 1.69. The van der Waals surface area contributed by atoms with E-state index in [1.165, 1.54) is 0 Å². The topological polar surface area (TPSA) is 47.6 Å². The van der Waals surface area contributed by atoms with Crippen molar-refractivity contribution in [3.63, 3.8) is 0 Å². The number of carbonyl (C=O) groups excluding carboxylic acids is 1. The van der Waals surface area contributed by atoms with E-state index >= 15 is 0 Å². The lowest BCUT2D eigenvalue weighted by Gasteiger charge is -2.18. The smallest absolute Gasteiger partial charge is 0.220 e. The van der Waals surface area contributed by atoms with Gasteiger partial charge in [-0.3, -0.25) is 4.79 Å². The predicted molar refractivity (Wildman–Crippen MR) is 69.0 cm³/mol. The Morgan fingerprint density at radius 1 is 1.33 bits per heavy atom. The Bertz CT molecular complexity index is 443. The van der Waals surface area contributed by atoms with Crippen molar-refractivity contribution >= 4 is 5.91 Å². The van der Waals surface area contributed by atoms with Gasteiger partial charge in [-0.15, -0.1) is 6.58 Å². The molecule has 0 aromatic heterocycles. The molecule has 1 amide bonds. The first-order valence-corrected chi connectivity index (χ1v) is 6.05. The zero-order chi connectivity index (χ0) is 12.8. The molecular weight excluding hydrogens is 230 g/mol. The first-order chi connectivity index (χ1) is 8.79. The molecule has 0 saturated heterocycles. The minimum absolute atomic E-state index is 0.0322. The molecule has 0 saturated carbocycles. The molecule has 1 heterocycles. The molecule has 4 nitrogen and oxygen atoms in total. The van der Waals surface area contributed by atoms with Crippen LogP contribution in [0.4, 0.5) is 0 Å². The SMILES string of the molecule is C=CCNC(=O)CCc1ccc2c(c1)OCCO2. The molecule has 0 radical (unpaired) electrons. The summed E-state index contributed by atoms with van der Waals surface area (Å²) in [5.74, 6) is 1.58. The Kier molecular flexibility index (Phi) is 4.23. The summed E-state index contributed by atoms with van der Waals surface area (Å²) in [5.41, 5.74) is 1.08. The van der Waals surface area contributed by atoms with Crippen molar-refractivity contribution in [1.29, 1.82) is 0 Å². The number of carbonyl (C=O) groups is 1. The van der Waals surface area contributed by atoms with Gasteiger partial charge >= 0.3 is 0 Å². The van der Waals surface area contributed by atoms with Crippen LogP contribution in [-0.4, -0.2) is 25.7 Å². The molecule has 0 fully saturated rings. The number of hydrogen-bond acceptors (Lipinski definition) is 3. The third-order valence-electron chi connectivity index (χ3n) is 2.69. The van der Waals surface area contributed by atoms with Crippen LogP contribution in [0.25, 0.3) is 0 Å². The summed E-state index contributed by atoms with van der Waals surface area (Å²) in [6, 6.07) is 5.80. The zero-order valence-corrected chi connectivity index (χ0v) is 10.3. The Balaban J connectivity index is 1.89. The highest BCUT2D eigenvalue weighted by atomic mass is 16.6. The fourth-order valence-electron chi connectivity index (χ4n) is 1.78. The zero-order valence-electron chi connectivity index (χ0n) is 10.3. The lowest BCUT2D eigenvalue weighted by Crippen LogP contribution is -2.23. The normalized spacial score (nSPS) is 12.9. The maximum atomic E-state index is 11.4. The molecule has 4 heteroatoms. The number of aryl methyl sites for hydroxylation is 1. The molecule has 1 aliphatic rings. The summed E-state index contributed by atoms with van der Waals surface area (Å²) in [6.07, 6.45) is 2.83. The van der Waals surface area contributed by atoms with E-state index in [-0.39, 0.29) is 5.91 Å². The Morgan fingerprint density at radius 3 is 2.89 bits per heavy atom. The highest BCUT2D eigenvalue weighted by molar-refractivity contribution is 5.76. The van der Waals surface area contributed by atoms with Crippen LogP contribution >= 0.6 is 0 Å². The number of nitrogens with one attached hydrogen (secondary N) is 1. The second kappa shape index (κ2) is 6.10. The number of ether oxygens (including phenoxy) is 2. The van der Waals surface area contributed by atoms with Gasteiger partial charge in [0, 0.05) is 13.0 Å². The van der Waals surface area contributed by atoms with E-state index in [1.54, 1.807) is 6.08 Å². The first kappa shape index (κ1) is 12.5. The number of hydrogen-bond donors (Lipinski definition) is 1. The Morgan fingerprint density at radius 2 is 2.11 bits per heavy atom. The molecule has 1 aliphatic heterocycles. The van der Waals surface area contributed by atoms with Crippen molar-refractivity contribution in [3.05, 3.63) is 36.4 Å². The molecule has 0 aliphatic carbocycles. The van der Waals surface area contributed by atoms with E-state index in [4.69, 9.17) is 9.47 Å². The van der Waals surface area contributed by atoms with Crippen LogP contribution < -0.4 is 14.8 Å². The van der Waals surface area contributed by atoms with Crippen molar-refractivity contribution in [2.24, 2.45) is 0 Å². The van der Waals surface area contributed by atoms with Gasteiger partial charge in [0.2, 0.25) is 5.91 Å². The molecule has 1 N–H and O–H groups in total. The van der Waals surface area contributed by atoms with Crippen molar-refractivity contribution in [1.82, 2.24) is 5.32 Å². The molecule has 96 valence electrons. The highest BCUT2D eigenvalue weighted by Crippen LogP contribution is 2.30. The molecule has 0 bridgehead atoms. The van der Waals surface area contributed by atoms with Crippen molar-refractivity contribution < 1.29 is 14.3 Å². The average Bonchev–Trinajstić information content (AvgIpc) is 2.42. The van der Waals surface area contributed by atoms with Crippen molar-refractivity contribution in [2.75, 3.05) is 19.8 Å². The fourth-order valence-corrected chi connectivity index (χ4v) is 1.78. The van der Waals surface area contributed by atoms with Crippen LogP contribution in [0.1, 0.15) is 12.0 Å². The molecule has 0 spiro atoms. The van der Waals surface area contributed by atoms with Gasteiger partial charge in [0.15, 0.2) is 11.5 Å². The first-order valence-electron chi connectivity index (χ1n) is 6.05. The third kappa shape index (κ3) is 3.26. The summed E-state index contributed by atoms with van der Waals surface area (Å²) in [4.78, 5) is 11.4. The van der Waals surface area contributed by atoms with E-state index < -0.39 is 0 Å². The van der Waals surface area contributed by atoms with Gasteiger partial charge in [-0.1, -0.05) is 12.1 Å². The lowest BCUT2D eigenvalue weighted by atomic mass is 10.1. The number of rotatable bonds is 5. The largest absolute Gasteiger partial charge is 0.486 e. The summed E-state index contributed by atoms with van der Waals surface area (Å²) >= 11 is 0. The van der Waals surface area contributed by atoms with Crippen LogP contribution in [0.3, 0.4) is 0 Å². The molecule has 0 unspecified atom stereocenters. The van der Waals surface area contributed by atoms with E-state index in [0.29, 0.717) is 32.6 Å². The number of fused-ring (bicyclic) bond motifs is 1. The van der Waals surface area contributed by atoms with Gasteiger partial charge < -0.3 is 14.8 Å². The van der Waals surface area contributed by atoms with Gasteiger partial charge in [0.1, 0.15) is 13.2 Å². The average molecular weight is 247 g/mol. The molecular formula is C14H17NO3. The van der Waals surface area contributed by atoms with Crippen molar-refractivity contribution in [2.45, 2.75) is 12.8 Å². The molecule has 1 aromatic carbocycles. The maximum Gasteiger partial charge on any atom is 0.220 e. The Labute approximate surface area is 107 Å². The maximum absolute atomic E-state index is 11.4. The van der Waals surface area contributed by atoms with Gasteiger partial charge in [0.25, 0.3) is 0 Å². The van der Waals surface area contributed by atoms with E-state index in [9.17, 15) is 4.79 Å². The Hall–Kier alpha value is -1.97. The summed E-state index contributed by atoms with van der Waals surface area (Å²) in [6.45, 7) is 5.24. The summed E-state index contributed by atoms with van der Waals surface area (Å²) < 4.78 is 10.9. The van der Waals surface area contributed by atoms with Gasteiger partial charge in [0.05, 0.1) is 0 Å². The van der Waals surface area contributed by atoms with Gasteiger partial charge in [-0.2, -0.15) is 0 Å². The van der Waals surface area contributed by atoms with Gasteiger partial charge in [-0.25, -0.2) is 0 Å². The summed E-state index contributed by atoms with van der Waals surface area (Å²) in [5, 5.41) is 2.75. The quantitative estimate of drug-likeness (QED) is 0.805. The lowest BCUT2D eigenvalue weighted by molar-refractivity contribution is -0.120. The minimum Gasteiger partial charge on any atom is -0.486 e. The minimum atomic E-state index is 0.0322. The second-order valence-corrected chi connectivity index (χ2v) is 4.07. The van der Waals surface area contributed by atoms with Crippen LogP contribution in [-0.2, 0) is 11.2 Å². The van der Waals surface area contributed by atoms with Crippen LogP contribution in [0.5, 0.6) is 11.5 Å². The van der Waals surface area contributed by atoms with Crippen LogP contribution in [0.2, 0.25) is 0 Å². The number of benzene rings is 1. The fraction of sp³-hybridized carbons (Fsp3) is 0.357. The van der Waals surface area contributed by atoms with Gasteiger partial charge in [-0.05, 0) is 24.1 Å². The molecule has 2 rings (SSSR count). The molecule has 18 heavy (non-hydrogen) atoms. The van der Waals surface area contributed by atoms with Crippen LogP contribution in [0, 0.1) is 0 Å². The highest BCUT2D eigenvalue weighted by Gasteiger charge is 2.11. The monoisotopic (exact) mass is 247 g/mol. The van der Waals surface area contributed by atoms with E-state index in [1.807, 2.05) is 18.2 Å². The summed E-state index contributed by atoms with van der Waals surface area (Å²) in [7, 11) is 0. The van der Waals surface area contributed by atoms with Crippen molar-refractivity contribution in [3.8, 4) is 11.5 Å². The standard InChI is InChI=1S/C14H17NO3/c1-2-7-15-14(16)6-4-11-3-5-12-13(10-11)18-9-8-17-12/h2-3,5,10H,1,4,6-9H2,(H,15,16). The van der Waals surface area contributed by atoms with E-state index in [2.05, 4.69) is 11.9 Å². The second-order valence-electron chi connectivity index (χ2n) is 4.07. The van der Waals surface area contributed by atoms with Crippen LogP contribution in [0.15, 0.2) is 30.9 Å².